The van der Waals surface area contributed by atoms with Crippen LogP contribution in [0, 0.1) is 5.92 Å². The highest BCUT2D eigenvalue weighted by Gasteiger charge is 2.27. The van der Waals surface area contributed by atoms with Crippen molar-refractivity contribution in [1.82, 2.24) is 0 Å². The summed E-state index contributed by atoms with van der Waals surface area (Å²) in [5.41, 5.74) is 12.0. The molecule has 21 heavy (non-hydrogen) atoms. The summed E-state index contributed by atoms with van der Waals surface area (Å²) in [6.07, 6.45) is 2.07. The third kappa shape index (κ3) is 3.75. The number of primary amides is 1. The van der Waals surface area contributed by atoms with Gasteiger partial charge in [0.1, 0.15) is 5.00 Å². The number of rotatable bonds is 8. The Bertz CT molecular complexity index is 523. The number of thiophene rings is 1. The van der Waals surface area contributed by atoms with Gasteiger partial charge in [0, 0.05) is 19.0 Å². The molecule has 1 heterocycles. The van der Waals surface area contributed by atoms with E-state index >= 15 is 0 Å². The second-order valence-corrected chi connectivity index (χ2v) is 6.34. The number of hydrogen-bond donors (Lipinski definition) is 2. The van der Waals surface area contributed by atoms with E-state index < -0.39 is 5.91 Å². The number of nitrogens with two attached hydrogens (primary N) is 2. The van der Waals surface area contributed by atoms with Gasteiger partial charge >= 0.3 is 0 Å². The van der Waals surface area contributed by atoms with Crippen LogP contribution in [-0.4, -0.2) is 24.8 Å². The van der Waals surface area contributed by atoms with Crippen LogP contribution in [0.5, 0.6) is 0 Å². The number of nitrogens with zero attached hydrogens (tertiary/aromatic N) is 1. The van der Waals surface area contributed by atoms with Gasteiger partial charge in [-0.25, -0.2) is 0 Å². The topological polar surface area (TPSA) is 89.4 Å². The number of Topliss-reactive ketones (excluding diaryl/α,β-unsaturated/α-hetero) is 1. The Morgan fingerprint density at radius 2 is 1.90 bits per heavy atom. The van der Waals surface area contributed by atoms with Crippen LogP contribution < -0.4 is 16.4 Å². The molecule has 0 aliphatic heterocycles. The fourth-order valence-electron chi connectivity index (χ4n) is 2.09. The zero-order chi connectivity index (χ0) is 16.2. The van der Waals surface area contributed by atoms with Crippen molar-refractivity contribution in [3.63, 3.8) is 0 Å². The third-order valence-electron chi connectivity index (χ3n) is 3.37. The van der Waals surface area contributed by atoms with Crippen LogP contribution >= 0.6 is 11.3 Å². The minimum absolute atomic E-state index is 0.0437. The van der Waals surface area contributed by atoms with Crippen LogP contribution in [-0.2, 0) is 0 Å². The molecule has 0 radical (unpaired) electrons. The van der Waals surface area contributed by atoms with Crippen molar-refractivity contribution >= 4 is 33.7 Å². The molecule has 5 nitrogen and oxygen atoms in total. The van der Waals surface area contributed by atoms with Crippen molar-refractivity contribution in [2.75, 3.05) is 23.7 Å². The maximum absolute atomic E-state index is 12.2. The third-order valence-corrected chi connectivity index (χ3v) is 4.65. The lowest BCUT2D eigenvalue weighted by Crippen LogP contribution is -2.26. The average Bonchev–Trinajstić information content (AvgIpc) is 2.76. The lowest BCUT2D eigenvalue weighted by molar-refractivity contribution is 0.0944. The molecule has 0 saturated heterocycles. The van der Waals surface area contributed by atoms with E-state index in [9.17, 15) is 9.59 Å². The SMILES string of the molecule is CCCCN(CC)c1sc(C(=O)C(C)C)c(N)c1C(N)=O. The van der Waals surface area contributed by atoms with E-state index in [2.05, 4.69) is 11.8 Å². The summed E-state index contributed by atoms with van der Waals surface area (Å²) in [6, 6.07) is 0. The van der Waals surface area contributed by atoms with Crippen LogP contribution in [0.3, 0.4) is 0 Å². The molecule has 1 rings (SSSR count). The van der Waals surface area contributed by atoms with E-state index in [1.807, 2.05) is 20.8 Å². The fourth-order valence-corrected chi connectivity index (χ4v) is 3.49. The molecular weight excluding hydrogens is 286 g/mol. The quantitative estimate of drug-likeness (QED) is 0.722. The summed E-state index contributed by atoms with van der Waals surface area (Å²) in [4.78, 5) is 26.5. The summed E-state index contributed by atoms with van der Waals surface area (Å²) >= 11 is 1.28. The average molecular weight is 311 g/mol. The van der Waals surface area contributed by atoms with Gasteiger partial charge in [-0.2, -0.15) is 0 Å². The van der Waals surface area contributed by atoms with Crippen LogP contribution in [0.2, 0.25) is 0 Å². The molecule has 1 aromatic heterocycles. The fraction of sp³-hybridized carbons (Fsp3) is 0.600. The van der Waals surface area contributed by atoms with Gasteiger partial charge in [-0.05, 0) is 13.3 Å². The molecule has 0 aliphatic carbocycles. The first-order valence-electron chi connectivity index (χ1n) is 7.36. The standard InChI is InChI=1S/C15H25N3O2S/c1-5-7-8-18(6-2)15-10(14(17)20)11(16)13(21-15)12(19)9(3)4/h9H,5-8,16H2,1-4H3,(H2,17,20). The van der Waals surface area contributed by atoms with Gasteiger partial charge in [0.2, 0.25) is 0 Å². The summed E-state index contributed by atoms with van der Waals surface area (Å²) in [5.74, 6) is -0.778. The number of ketones is 1. The van der Waals surface area contributed by atoms with Gasteiger partial charge in [-0.3, -0.25) is 9.59 Å². The predicted molar refractivity (Wildman–Crippen MR) is 89.2 cm³/mol. The van der Waals surface area contributed by atoms with E-state index in [1.54, 1.807) is 0 Å². The number of anilines is 2. The maximum Gasteiger partial charge on any atom is 0.253 e. The summed E-state index contributed by atoms with van der Waals surface area (Å²) in [7, 11) is 0. The van der Waals surface area contributed by atoms with Gasteiger partial charge in [0.15, 0.2) is 5.78 Å². The van der Waals surface area contributed by atoms with Crippen LogP contribution in [0.1, 0.15) is 60.6 Å². The molecule has 0 aromatic carbocycles. The van der Waals surface area contributed by atoms with E-state index in [0.717, 1.165) is 30.9 Å². The molecule has 0 saturated carbocycles. The molecule has 118 valence electrons. The Kier molecular flexibility index (Phi) is 6.20. The zero-order valence-corrected chi connectivity index (χ0v) is 14.0. The molecule has 0 aliphatic rings. The Labute approximate surface area is 130 Å². The largest absolute Gasteiger partial charge is 0.397 e. The van der Waals surface area contributed by atoms with Crippen molar-refractivity contribution in [2.45, 2.75) is 40.5 Å². The Morgan fingerprint density at radius 3 is 2.33 bits per heavy atom. The molecule has 0 unspecified atom stereocenters. The molecule has 0 bridgehead atoms. The molecule has 1 amide bonds. The van der Waals surface area contributed by atoms with Crippen LogP contribution in [0.4, 0.5) is 10.7 Å². The second kappa shape index (κ2) is 7.45. The zero-order valence-electron chi connectivity index (χ0n) is 13.2. The van der Waals surface area contributed by atoms with Gasteiger partial charge < -0.3 is 16.4 Å². The summed E-state index contributed by atoms with van der Waals surface area (Å²) < 4.78 is 0. The Morgan fingerprint density at radius 1 is 1.29 bits per heavy atom. The lowest BCUT2D eigenvalue weighted by Gasteiger charge is -2.22. The van der Waals surface area contributed by atoms with Crippen molar-refractivity contribution in [1.29, 1.82) is 0 Å². The van der Waals surface area contributed by atoms with Crippen molar-refractivity contribution in [3.05, 3.63) is 10.4 Å². The first-order valence-corrected chi connectivity index (χ1v) is 8.17. The minimum Gasteiger partial charge on any atom is -0.397 e. The normalized spacial score (nSPS) is 10.9. The minimum atomic E-state index is -0.573. The maximum atomic E-state index is 12.2. The Balaban J connectivity index is 3.33. The van der Waals surface area contributed by atoms with Gasteiger partial charge in [0.25, 0.3) is 5.91 Å². The van der Waals surface area contributed by atoms with E-state index in [0.29, 0.717) is 10.4 Å². The molecular formula is C15H25N3O2S. The number of amides is 1. The molecule has 0 fully saturated rings. The predicted octanol–water partition coefficient (Wildman–Crippen LogP) is 2.89. The molecule has 1 aromatic rings. The molecule has 0 spiro atoms. The summed E-state index contributed by atoms with van der Waals surface area (Å²) in [6.45, 7) is 9.33. The number of carbonyl (C=O) groups excluding carboxylic acids is 2. The molecule has 4 N–H and O–H groups in total. The van der Waals surface area contributed by atoms with Crippen molar-refractivity contribution in [3.8, 4) is 0 Å². The molecule has 6 heteroatoms. The smallest absolute Gasteiger partial charge is 0.253 e. The number of nitrogen functional groups attached to an aromatic ring is 1. The first-order chi connectivity index (χ1) is 9.84. The second-order valence-electron chi connectivity index (χ2n) is 5.34. The van der Waals surface area contributed by atoms with E-state index in [4.69, 9.17) is 11.5 Å². The van der Waals surface area contributed by atoms with E-state index in [-0.39, 0.29) is 17.4 Å². The highest BCUT2D eigenvalue weighted by molar-refractivity contribution is 7.19. The number of carbonyl (C=O) groups is 2. The van der Waals surface area contributed by atoms with Gasteiger partial charge in [-0.1, -0.05) is 27.2 Å². The molecule has 0 atom stereocenters. The van der Waals surface area contributed by atoms with Gasteiger partial charge in [-0.15, -0.1) is 11.3 Å². The first kappa shape index (κ1) is 17.5. The van der Waals surface area contributed by atoms with E-state index in [1.165, 1.54) is 11.3 Å². The number of hydrogen-bond acceptors (Lipinski definition) is 5. The van der Waals surface area contributed by atoms with Crippen LogP contribution in [0.15, 0.2) is 0 Å². The van der Waals surface area contributed by atoms with Gasteiger partial charge in [0.05, 0.1) is 16.1 Å². The van der Waals surface area contributed by atoms with Crippen molar-refractivity contribution < 1.29 is 9.59 Å². The summed E-state index contributed by atoms with van der Waals surface area (Å²) in [5, 5.41) is 0.722. The highest BCUT2D eigenvalue weighted by atomic mass is 32.1. The highest BCUT2D eigenvalue weighted by Crippen LogP contribution is 2.39. The Hall–Kier alpha value is -1.56. The monoisotopic (exact) mass is 311 g/mol. The van der Waals surface area contributed by atoms with Crippen molar-refractivity contribution in [2.24, 2.45) is 11.7 Å². The van der Waals surface area contributed by atoms with Crippen LogP contribution in [0.25, 0.3) is 0 Å². The lowest BCUT2D eigenvalue weighted by atomic mass is 10.1. The number of unbranched alkanes of at least 4 members (excludes halogenated alkanes) is 1.